The molecule has 4 heteroatoms. The standard InChI is InChI=1S/C13H20N2O2/c1-2-3-4-13(17)15-9-12(16)10-5-7-11(14)8-6-10/h5-8,12,16H,2-4,9,14H2,1H3,(H,15,17). The third-order valence-electron chi connectivity index (χ3n) is 2.57. The number of rotatable bonds is 6. The van der Waals surface area contributed by atoms with Crippen LogP contribution in [-0.4, -0.2) is 17.6 Å². The average Bonchev–Trinajstić information content (AvgIpc) is 2.34. The number of nitrogens with one attached hydrogen (secondary N) is 1. The summed E-state index contributed by atoms with van der Waals surface area (Å²) < 4.78 is 0. The van der Waals surface area contributed by atoms with E-state index in [1.54, 1.807) is 24.3 Å². The first-order valence-corrected chi connectivity index (χ1v) is 5.93. The first-order chi connectivity index (χ1) is 8.13. The van der Waals surface area contributed by atoms with E-state index in [9.17, 15) is 9.90 Å². The molecule has 0 heterocycles. The fraction of sp³-hybridized carbons (Fsp3) is 0.462. The van der Waals surface area contributed by atoms with Gasteiger partial charge in [-0.25, -0.2) is 0 Å². The number of carbonyl (C=O) groups is 1. The largest absolute Gasteiger partial charge is 0.399 e. The predicted octanol–water partition coefficient (Wildman–Crippen LogP) is 1.61. The molecule has 0 aromatic heterocycles. The molecule has 4 nitrogen and oxygen atoms in total. The minimum atomic E-state index is -0.679. The summed E-state index contributed by atoms with van der Waals surface area (Å²) in [6.45, 7) is 2.28. The van der Waals surface area contributed by atoms with Crippen LogP contribution < -0.4 is 11.1 Å². The van der Waals surface area contributed by atoms with Gasteiger partial charge in [-0.3, -0.25) is 4.79 Å². The molecule has 1 aromatic rings. The Morgan fingerprint density at radius 2 is 2.06 bits per heavy atom. The number of nitrogen functional groups attached to an aromatic ring is 1. The Hall–Kier alpha value is -1.55. The maximum absolute atomic E-state index is 11.3. The number of hydrogen-bond donors (Lipinski definition) is 3. The zero-order chi connectivity index (χ0) is 12.7. The molecule has 0 saturated carbocycles. The number of anilines is 1. The summed E-state index contributed by atoms with van der Waals surface area (Å²) >= 11 is 0. The highest BCUT2D eigenvalue weighted by Gasteiger charge is 2.08. The minimum absolute atomic E-state index is 0.0126. The summed E-state index contributed by atoms with van der Waals surface area (Å²) in [6, 6.07) is 6.99. The second kappa shape index (κ2) is 6.91. The van der Waals surface area contributed by atoms with E-state index >= 15 is 0 Å². The quantitative estimate of drug-likeness (QED) is 0.657. The first-order valence-electron chi connectivity index (χ1n) is 5.93. The van der Waals surface area contributed by atoms with Crippen LogP contribution in [0.4, 0.5) is 5.69 Å². The van der Waals surface area contributed by atoms with Gasteiger partial charge in [-0.1, -0.05) is 25.5 Å². The van der Waals surface area contributed by atoms with Gasteiger partial charge >= 0.3 is 0 Å². The van der Waals surface area contributed by atoms with Crippen LogP contribution in [0.3, 0.4) is 0 Å². The highest BCUT2D eigenvalue weighted by Crippen LogP contribution is 2.13. The molecule has 0 bridgehead atoms. The number of aliphatic hydroxyl groups excluding tert-OH is 1. The van der Waals surface area contributed by atoms with Crippen LogP contribution in [0, 0.1) is 0 Å². The van der Waals surface area contributed by atoms with Gasteiger partial charge < -0.3 is 16.2 Å². The summed E-state index contributed by atoms with van der Waals surface area (Å²) in [7, 11) is 0. The Kier molecular flexibility index (Phi) is 5.49. The molecule has 1 amide bonds. The molecule has 0 spiro atoms. The van der Waals surface area contributed by atoms with Crippen molar-refractivity contribution in [2.75, 3.05) is 12.3 Å². The third kappa shape index (κ3) is 4.87. The van der Waals surface area contributed by atoms with Crippen LogP contribution in [0.15, 0.2) is 24.3 Å². The number of carbonyl (C=O) groups excluding carboxylic acids is 1. The fourth-order valence-corrected chi connectivity index (χ4v) is 1.47. The lowest BCUT2D eigenvalue weighted by atomic mass is 10.1. The molecule has 0 aliphatic rings. The Bertz CT molecular complexity index is 349. The molecule has 1 aromatic carbocycles. The number of nitrogens with two attached hydrogens (primary N) is 1. The molecule has 0 aliphatic heterocycles. The molecule has 0 radical (unpaired) electrons. The van der Waals surface area contributed by atoms with Gasteiger partial charge in [0.05, 0.1) is 6.10 Å². The van der Waals surface area contributed by atoms with Crippen molar-refractivity contribution < 1.29 is 9.90 Å². The van der Waals surface area contributed by atoms with Gasteiger partial charge in [-0.15, -0.1) is 0 Å². The van der Waals surface area contributed by atoms with E-state index in [4.69, 9.17) is 5.73 Å². The van der Waals surface area contributed by atoms with Crippen molar-refractivity contribution >= 4 is 11.6 Å². The smallest absolute Gasteiger partial charge is 0.220 e. The monoisotopic (exact) mass is 236 g/mol. The van der Waals surface area contributed by atoms with E-state index in [1.165, 1.54) is 0 Å². The van der Waals surface area contributed by atoms with Crippen LogP contribution in [0.2, 0.25) is 0 Å². The lowest BCUT2D eigenvalue weighted by molar-refractivity contribution is -0.121. The summed E-state index contributed by atoms with van der Waals surface area (Å²) in [5.74, 6) is -0.0126. The second-order valence-corrected chi connectivity index (χ2v) is 4.09. The second-order valence-electron chi connectivity index (χ2n) is 4.09. The first kappa shape index (κ1) is 13.5. The SMILES string of the molecule is CCCCC(=O)NCC(O)c1ccc(N)cc1. The summed E-state index contributed by atoms with van der Waals surface area (Å²) in [4.78, 5) is 11.3. The minimum Gasteiger partial charge on any atom is -0.399 e. The van der Waals surface area contributed by atoms with E-state index in [0.29, 0.717) is 12.1 Å². The van der Waals surface area contributed by atoms with Crippen molar-refractivity contribution in [3.05, 3.63) is 29.8 Å². The molecule has 94 valence electrons. The normalized spacial score (nSPS) is 12.1. The van der Waals surface area contributed by atoms with Crippen LogP contribution in [0.25, 0.3) is 0 Å². The maximum atomic E-state index is 11.3. The Morgan fingerprint density at radius 3 is 2.65 bits per heavy atom. The van der Waals surface area contributed by atoms with Gasteiger partial charge in [0.15, 0.2) is 0 Å². The molecule has 1 rings (SSSR count). The Balaban J connectivity index is 2.36. The average molecular weight is 236 g/mol. The topological polar surface area (TPSA) is 75.3 Å². The maximum Gasteiger partial charge on any atom is 0.220 e. The fourth-order valence-electron chi connectivity index (χ4n) is 1.47. The van der Waals surface area contributed by atoms with Crippen molar-refractivity contribution in [1.29, 1.82) is 0 Å². The molecular weight excluding hydrogens is 216 g/mol. The van der Waals surface area contributed by atoms with Gasteiger partial charge in [0.25, 0.3) is 0 Å². The van der Waals surface area contributed by atoms with Gasteiger partial charge in [-0.05, 0) is 24.1 Å². The van der Waals surface area contributed by atoms with Crippen LogP contribution in [-0.2, 0) is 4.79 Å². The van der Waals surface area contributed by atoms with Crippen molar-refractivity contribution in [3.63, 3.8) is 0 Å². The molecule has 1 unspecified atom stereocenters. The highest BCUT2D eigenvalue weighted by atomic mass is 16.3. The van der Waals surface area contributed by atoms with Crippen molar-refractivity contribution in [1.82, 2.24) is 5.32 Å². The van der Waals surface area contributed by atoms with Gasteiger partial charge in [-0.2, -0.15) is 0 Å². The van der Waals surface area contributed by atoms with Crippen LogP contribution in [0.5, 0.6) is 0 Å². The highest BCUT2D eigenvalue weighted by molar-refractivity contribution is 5.75. The van der Waals surface area contributed by atoms with Crippen LogP contribution in [0.1, 0.15) is 37.9 Å². The molecule has 0 fully saturated rings. The molecule has 0 aliphatic carbocycles. The predicted molar refractivity (Wildman–Crippen MR) is 68.3 cm³/mol. The van der Waals surface area contributed by atoms with Crippen LogP contribution >= 0.6 is 0 Å². The van der Waals surface area contributed by atoms with Crippen molar-refractivity contribution in [3.8, 4) is 0 Å². The van der Waals surface area contributed by atoms with Gasteiger partial charge in [0.1, 0.15) is 0 Å². The summed E-state index contributed by atoms with van der Waals surface area (Å²) in [5, 5.41) is 12.5. The summed E-state index contributed by atoms with van der Waals surface area (Å²) in [5.41, 5.74) is 6.97. The number of unbranched alkanes of at least 4 members (excludes halogenated alkanes) is 1. The molecule has 4 N–H and O–H groups in total. The van der Waals surface area contributed by atoms with E-state index in [1.807, 2.05) is 6.92 Å². The number of amides is 1. The zero-order valence-corrected chi connectivity index (χ0v) is 10.1. The van der Waals surface area contributed by atoms with Gasteiger partial charge in [0.2, 0.25) is 5.91 Å². The molecule has 17 heavy (non-hydrogen) atoms. The van der Waals surface area contributed by atoms with E-state index in [-0.39, 0.29) is 12.5 Å². The van der Waals surface area contributed by atoms with Gasteiger partial charge in [0, 0.05) is 18.7 Å². The Morgan fingerprint density at radius 1 is 1.41 bits per heavy atom. The Labute approximate surface area is 102 Å². The lowest BCUT2D eigenvalue weighted by Gasteiger charge is -2.12. The lowest BCUT2D eigenvalue weighted by Crippen LogP contribution is -2.28. The van der Waals surface area contributed by atoms with Crippen molar-refractivity contribution in [2.24, 2.45) is 0 Å². The van der Waals surface area contributed by atoms with E-state index in [0.717, 1.165) is 18.4 Å². The number of benzene rings is 1. The third-order valence-corrected chi connectivity index (χ3v) is 2.57. The number of hydrogen-bond acceptors (Lipinski definition) is 3. The molecule has 1 atom stereocenters. The van der Waals surface area contributed by atoms with E-state index < -0.39 is 6.10 Å². The molecular formula is C13H20N2O2. The number of aliphatic hydroxyl groups is 1. The molecule has 0 saturated heterocycles. The van der Waals surface area contributed by atoms with E-state index in [2.05, 4.69) is 5.32 Å². The summed E-state index contributed by atoms with van der Waals surface area (Å²) in [6.07, 6.45) is 1.71. The van der Waals surface area contributed by atoms with Crippen molar-refractivity contribution in [2.45, 2.75) is 32.3 Å². The zero-order valence-electron chi connectivity index (χ0n) is 10.1.